The minimum atomic E-state index is 0.0966. The van der Waals surface area contributed by atoms with Crippen LogP contribution in [0.2, 0.25) is 0 Å². The van der Waals surface area contributed by atoms with Crippen LogP contribution >= 0.6 is 0 Å². The van der Waals surface area contributed by atoms with E-state index < -0.39 is 0 Å². The van der Waals surface area contributed by atoms with Crippen molar-refractivity contribution in [3.63, 3.8) is 0 Å². The van der Waals surface area contributed by atoms with Gasteiger partial charge in [0.2, 0.25) is 12.4 Å². The summed E-state index contributed by atoms with van der Waals surface area (Å²) in [4.78, 5) is 0. The first-order valence-corrected chi connectivity index (χ1v) is 8.19. The van der Waals surface area contributed by atoms with E-state index in [4.69, 9.17) is 0 Å². The van der Waals surface area contributed by atoms with Gasteiger partial charge in [-0.3, -0.25) is 5.21 Å². The van der Waals surface area contributed by atoms with Gasteiger partial charge < -0.3 is 0 Å². The smallest absolute Gasteiger partial charge is 0.230 e. The Labute approximate surface area is 138 Å². The molecule has 0 spiro atoms. The Hall–Kier alpha value is -2.09. The number of hydrogen-bond acceptors (Lipinski definition) is 1. The van der Waals surface area contributed by atoms with E-state index in [0.717, 1.165) is 15.5 Å². The molecule has 23 heavy (non-hydrogen) atoms. The number of aromatic nitrogens is 1. The summed E-state index contributed by atoms with van der Waals surface area (Å²) in [6, 6.07) is 11.0. The van der Waals surface area contributed by atoms with E-state index in [1.165, 1.54) is 21.9 Å². The first-order chi connectivity index (χ1) is 10.6. The van der Waals surface area contributed by atoms with Crippen molar-refractivity contribution in [2.45, 2.75) is 52.4 Å². The third-order valence-corrected chi connectivity index (χ3v) is 4.47. The average Bonchev–Trinajstić information content (AvgIpc) is 2.41. The van der Waals surface area contributed by atoms with Crippen LogP contribution in [-0.4, -0.2) is 5.21 Å². The van der Waals surface area contributed by atoms with E-state index in [9.17, 15) is 5.21 Å². The van der Waals surface area contributed by atoms with Gasteiger partial charge in [-0.15, -0.1) is 0 Å². The van der Waals surface area contributed by atoms with Crippen LogP contribution in [0.5, 0.6) is 0 Å². The summed E-state index contributed by atoms with van der Waals surface area (Å²) in [5.74, 6) is 0. The number of pyridine rings is 1. The standard InChI is InChI=1S/C21H26NO/c1-20(2,3)18-11-15-9-14-7-8-22(23)13-17(14)10-16(15)12-19(18)21(4,5)6/h7-13,23H,1-6H3/q+1. The molecular weight excluding hydrogens is 282 g/mol. The monoisotopic (exact) mass is 308 g/mol. The highest BCUT2D eigenvalue weighted by atomic mass is 16.5. The molecular formula is C21H26NO+. The number of fused-ring (bicyclic) bond motifs is 2. The maximum atomic E-state index is 9.65. The maximum absolute atomic E-state index is 9.65. The predicted octanol–water partition coefficient (Wildman–Crippen LogP) is 5.11. The van der Waals surface area contributed by atoms with Crippen molar-refractivity contribution in [2.24, 2.45) is 0 Å². The van der Waals surface area contributed by atoms with Crippen molar-refractivity contribution in [3.05, 3.63) is 53.9 Å². The zero-order valence-electron chi connectivity index (χ0n) is 14.9. The van der Waals surface area contributed by atoms with E-state index in [1.807, 2.05) is 6.07 Å². The van der Waals surface area contributed by atoms with Crippen LogP contribution in [-0.2, 0) is 10.8 Å². The Morgan fingerprint density at radius 2 is 1.17 bits per heavy atom. The SMILES string of the molecule is CC(C)(C)c1cc2cc3cc[n+](O)cc3cc2cc1C(C)(C)C. The van der Waals surface area contributed by atoms with Gasteiger partial charge in [0, 0.05) is 10.8 Å². The van der Waals surface area contributed by atoms with Gasteiger partial charge >= 0.3 is 0 Å². The first-order valence-electron chi connectivity index (χ1n) is 8.19. The lowest BCUT2D eigenvalue weighted by atomic mass is 9.74. The van der Waals surface area contributed by atoms with Crippen LogP contribution in [0.3, 0.4) is 0 Å². The second-order valence-electron chi connectivity index (χ2n) is 8.55. The summed E-state index contributed by atoms with van der Waals surface area (Å²) in [5.41, 5.74) is 3.00. The van der Waals surface area contributed by atoms with E-state index in [2.05, 4.69) is 65.8 Å². The van der Waals surface area contributed by atoms with E-state index in [-0.39, 0.29) is 10.8 Å². The van der Waals surface area contributed by atoms with Gasteiger partial charge in [0.05, 0.1) is 5.39 Å². The molecule has 2 aromatic carbocycles. The van der Waals surface area contributed by atoms with Crippen molar-refractivity contribution >= 4 is 21.5 Å². The molecule has 0 aliphatic heterocycles. The molecule has 0 fully saturated rings. The minimum Gasteiger partial charge on any atom is -0.285 e. The number of benzene rings is 2. The zero-order valence-corrected chi connectivity index (χ0v) is 14.9. The molecule has 0 saturated carbocycles. The highest BCUT2D eigenvalue weighted by Crippen LogP contribution is 2.37. The molecule has 120 valence electrons. The zero-order chi connectivity index (χ0) is 17.0. The van der Waals surface area contributed by atoms with Crippen molar-refractivity contribution < 1.29 is 9.94 Å². The van der Waals surface area contributed by atoms with Crippen LogP contribution in [0, 0.1) is 0 Å². The molecule has 0 amide bonds. The highest BCUT2D eigenvalue weighted by Gasteiger charge is 2.25. The maximum Gasteiger partial charge on any atom is 0.230 e. The lowest BCUT2D eigenvalue weighted by Crippen LogP contribution is -2.27. The third-order valence-electron chi connectivity index (χ3n) is 4.47. The number of nitrogens with zero attached hydrogens (tertiary/aromatic N) is 1. The molecule has 3 aromatic rings. The van der Waals surface area contributed by atoms with Gasteiger partial charge in [-0.05, 0) is 50.2 Å². The molecule has 3 rings (SSSR count). The lowest BCUT2D eigenvalue weighted by molar-refractivity contribution is -0.903. The molecule has 1 heterocycles. The first kappa shape index (κ1) is 15.8. The van der Waals surface area contributed by atoms with Crippen molar-refractivity contribution in [2.75, 3.05) is 0 Å². The summed E-state index contributed by atoms with van der Waals surface area (Å²) in [5, 5.41) is 14.3. The Balaban J connectivity index is 2.39. The van der Waals surface area contributed by atoms with Gasteiger partial charge in [-0.25, -0.2) is 0 Å². The number of hydrogen-bond donors (Lipinski definition) is 1. The van der Waals surface area contributed by atoms with Crippen molar-refractivity contribution in [1.29, 1.82) is 0 Å². The summed E-state index contributed by atoms with van der Waals surface area (Å²) >= 11 is 0. The summed E-state index contributed by atoms with van der Waals surface area (Å²) in [6.45, 7) is 13.6. The molecule has 2 nitrogen and oxygen atoms in total. The van der Waals surface area contributed by atoms with Crippen LogP contribution in [0.15, 0.2) is 42.7 Å². The van der Waals surface area contributed by atoms with Crippen LogP contribution in [0.25, 0.3) is 21.5 Å². The van der Waals surface area contributed by atoms with Crippen molar-refractivity contribution in [1.82, 2.24) is 0 Å². The van der Waals surface area contributed by atoms with Gasteiger partial charge in [-0.1, -0.05) is 53.7 Å². The molecule has 0 unspecified atom stereocenters. The normalized spacial score (nSPS) is 13.0. The van der Waals surface area contributed by atoms with Gasteiger partial charge in [0.1, 0.15) is 0 Å². The van der Waals surface area contributed by atoms with Gasteiger partial charge in [0.25, 0.3) is 0 Å². The molecule has 0 saturated heterocycles. The Kier molecular flexibility index (Phi) is 3.40. The third kappa shape index (κ3) is 2.90. The lowest BCUT2D eigenvalue weighted by Gasteiger charge is -2.30. The quantitative estimate of drug-likeness (QED) is 0.348. The molecule has 0 atom stereocenters. The summed E-state index contributed by atoms with van der Waals surface area (Å²) in [6.07, 6.45) is 3.42. The molecule has 0 aliphatic rings. The average molecular weight is 308 g/mol. The number of rotatable bonds is 0. The predicted molar refractivity (Wildman–Crippen MR) is 96.2 cm³/mol. The fourth-order valence-electron chi connectivity index (χ4n) is 3.22. The fraction of sp³-hybridized carbons (Fsp3) is 0.381. The Morgan fingerprint density at radius 1 is 0.696 bits per heavy atom. The molecule has 2 heteroatoms. The molecule has 1 aromatic heterocycles. The topological polar surface area (TPSA) is 24.1 Å². The highest BCUT2D eigenvalue weighted by molar-refractivity contribution is 5.98. The Bertz CT molecular complexity index is 895. The van der Waals surface area contributed by atoms with Crippen LogP contribution < -0.4 is 4.73 Å². The molecule has 0 radical (unpaired) electrons. The van der Waals surface area contributed by atoms with E-state index in [0.29, 0.717) is 0 Å². The summed E-state index contributed by atoms with van der Waals surface area (Å²) in [7, 11) is 0. The molecule has 0 bridgehead atoms. The van der Waals surface area contributed by atoms with Crippen molar-refractivity contribution in [3.8, 4) is 0 Å². The second kappa shape index (κ2) is 4.95. The van der Waals surface area contributed by atoms with Gasteiger partial charge in [-0.2, -0.15) is 0 Å². The molecule has 0 aliphatic carbocycles. The largest absolute Gasteiger partial charge is 0.285 e. The van der Waals surface area contributed by atoms with E-state index >= 15 is 0 Å². The molecule has 1 N–H and O–H groups in total. The minimum absolute atomic E-state index is 0.0966. The van der Waals surface area contributed by atoms with Crippen LogP contribution in [0.1, 0.15) is 52.7 Å². The fourth-order valence-corrected chi connectivity index (χ4v) is 3.22. The van der Waals surface area contributed by atoms with Gasteiger partial charge in [0.15, 0.2) is 0 Å². The van der Waals surface area contributed by atoms with E-state index in [1.54, 1.807) is 12.4 Å². The second-order valence-corrected chi connectivity index (χ2v) is 8.55. The van der Waals surface area contributed by atoms with Crippen LogP contribution in [0.4, 0.5) is 0 Å². The summed E-state index contributed by atoms with van der Waals surface area (Å²) < 4.78 is 1.11. The Morgan fingerprint density at radius 3 is 1.65 bits per heavy atom.